The van der Waals surface area contributed by atoms with Gasteiger partial charge in [0, 0.05) is 37.5 Å². The average molecular weight is 366 g/mol. The first-order chi connectivity index (χ1) is 13.1. The van der Waals surface area contributed by atoms with E-state index >= 15 is 0 Å². The van der Waals surface area contributed by atoms with Crippen LogP contribution in [0.5, 0.6) is 0 Å². The number of nitrogens with zero attached hydrogens (tertiary/aromatic N) is 5. The standard InChI is InChI=1S/C20H26N6O/c1-20(5-6-20)27-14-3-4-16-15(11-14)19(24-23-16)17-12-18(22-13-21-17)26-9-7-25(2)8-10-26/h4,11-14,23H,3,5-10H2,1-2H3. The van der Waals surface area contributed by atoms with Gasteiger partial charge < -0.3 is 14.5 Å². The van der Waals surface area contributed by atoms with Gasteiger partial charge in [0.05, 0.1) is 22.7 Å². The van der Waals surface area contributed by atoms with Crippen LogP contribution in [0.2, 0.25) is 0 Å². The van der Waals surface area contributed by atoms with Crippen molar-refractivity contribution in [3.8, 4) is 11.4 Å². The van der Waals surface area contributed by atoms with Gasteiger partial charge in [0.15, 0.2) is 0 Å². The van der Waals surface area contributed by atoms with Crippen LogP contribution in [0.25, 0.3) is 23.5 Å². The van der Waals surface area contributed by atoms with E-state index < -0.39 is 0 Å². The van der Waals surface area contributed by atoms with Crippen LogP contribution in [-0.2, 0) is 4.74 Å². The molecule has 3 heterocycles. The second-order valence-corrected chi connectivity index (χ2v) is 8.16. The summed E-state index contributed by atoms with van der Waals surface area (Å²) in [4.78, 5) is 13.7. The van der Waals surface area contributed by atoms with Crippen LogP contribution in [0, 0.1) is 0 Å². The Balaban J connectivity index is 1.45. The third-order valence-electron chi connectivity index (χ3n) is 5.85. The Hall–Kier alpha value is -2.25. The number of nitrogens with one attached hydrogen (secondary N) is 1. The highest BCUT2D eigenvalue weighted by Gasteiger charge is 2.40. The topological polar surface area (TPSA) is 70.2 Å². The Morgan fingerprint density at radius 3 is 2.78 bits per heavy atom. The highest BCUT2D eigenvalue weighted by atomic mass is 16.5. The van der Waals surface area contributed by atoms with Crippen molar-refractivity contribution in [3.05, 3.63) is 23.0 Å². The second kappa shape index (κ2) is 6.42. The monoisotopic (exact) mass is 366 g/mol. The molecule has 0 spiro atoms. The Morgan fingerprint density at radius 1 is 1.19 bits per heavy atom. The first kappa shape index (κ1) is 16.9. The highest BCUT2D eigenvalue weighted by Crippen LogP contribution is 2.40. The molecule has 1 saturated carbocycles. The smallest absolute Gasteiger partial charge is 0.132 e. The summed E-state index contributed by atoms with van der Waals surface area (Å²) in [7, 11) is 2.16. The van der Waals surface area contributed by atoms with E-state index in [1.807, 2.05) is 0 Å². The molecule has 1 saturated heterocycles. The fraction of sp³-hybridized carbons (Fsp3) is 0.550. The van der Waals surface area contributed by atoms with E-state index in [4.69, 9.17) is 4.74 Å². The number of rotatable bonds is 4. The lowest BCUT2D eigenvalue weighted by Crippen LogP contribution is -2.44. The average Bonchev–Trinajstić information content (AvgIpc) is 3.25. The van der Waals surface area contributed by atoms with Crippen molar-refractivity contribution in [1.29, 1.82) is 0 Å². The minimum absolute atomic E-state index is 0.0694. The molecule has 0 bridgehead atoms. The van der Waals surface area contributed by atoms with Crippen molar-refractivity contribution in [1.82, 2.24) is 25.1 Å². The van der Waals surface area contributed by atoms with Crippen LogP contribution in [0.1, 0.15) is 26.2 Å². The number of anilines is 1. The zero-order valence-corrected chi connectivity index (χ0v) is 16.0. The fourth-order valence-electron chi connectivity index (χ4n) is 3.80. The Bertz CT molecular complexity index is 955. The molecule has 27 heavy (non-hydrogen) atoms. The molecule has 1 aliphatic heterocycles. The molecule has 2 aliphatic carbocycles. The minimum atomic E-state index is 0.0694. The summed E-state index contributed by atoms with van der Waals surface area (Å²) < 4.78 is 6.26. The first-order valence-corrected chi connectivity index (χ1v) is 9.80. The normalized spacial score (nSPS) is 24.1. The lowest BCUT2D eigenvalue weighted by molar-refractivity contribution is 0.0169. The molecular formula is C20H26N6O. The summed E-state index contributed by atoms with van der Waals surface area (Å²) in [6.45, 7) is 6.27. The molecule has 1 unspecified atom stereocenters. The number of piperazine rings is 1. The predicted molar refractivity (Wildman–Crippen MR) is 105 cm³/mol. The fourth-order valence-corrected chi connectivity index (χ4v) is 3.80. The van der Waals surface area contributed by atoms with Crippen LogP contribution < -0.4 is 15.5 Å². The third kappa shape index (κ3) is 3.37. The number of fused-ring (bicyclic) bond motifs is 1. The first-order valence-electron chi connectivity index (χ1n) is 9.80. The molecule has 142 valence electrons. The molecule has 7 heteroatoms. The maximum absolute atomic E-state index is 6.26. The van der Waals surface area contributed by atoms with Crippen molar-refractivity contribution >= 4 is 18.0 Å². The molecule has 5 rings (SSSR count). The summed E-state index contributed by atoms with van der Waals surface area (Å²) in [6.07, 6.45) is 9.35. The molecule has 0 amide bonds. The van der Waals surface area contributed by atoms with Crippen LogP contribution >= 0.6 is 0 Å². The highest BCUT2D eigenvalue weighted by molar-refractivity contribution is 5.62. The van der Waals surface area contributed by atoms with Gasteiger partial charge in [-0.25, -0.2) is 9.97 Å². The summed E-state index contributed by atoms with van der Waals surface area (Å²) in [5, 5.41) is 9.86. The molecule has 2 aromatic rings. The van der Waals surface area contributed by atoms with Crippen molar-refractivity contribution in [2.75, 3.05) is 38.1 Å². The van der Waals surface area contributed by atoms with E-state index in [9.17, 15) is 0 Å². The largest absolute Gasteiger partial charge is 0.368 e. The van der Waals surface area contributed by atoms with Crippen LogP contribution in [0.3, 0.4) is 0 Å². The Kier molecular flexibility index (Phi) is 4.02. The van der Waals surface area contributed by atoms with Gasteiger partial charge >= 0.3 is 0 Å². The van der Waals surface area contributed by atoms with Crippen LogP contribution in [0.15, 0.2) is 12.4 Å². The van der Waals surface area contributed by atoms with E-state index in [0.717, 1.165) is 73.2 Å². The number of hydrogen-bond donors (Lipinski definition) is 1. The molecular weight excluding hydrogens is 340 g/mol. The molecule has 2 fully saturated rings. The van der Waals surface area contributed by atoms with Gasteiger partial charge in [-0.05, 0) is 39.3 Å². The number of H-pyrrole nitrogens is 1. The SMILES string of the molecule is CN1CCN(c2cc(-c3n[nH]c4c3=CC(OC3(C)CC3)CC=4)ncn2)CC1. The quantitative estimate of drug-likeness (QED) is 0.851. The van der Waals surface area contributed by atoms with E-state index in [-0.39, 0.29) is 11.7 Å². The Morgan fingerprint density at radius 2 is 2.00 bits per heavy atom. The van der Waals surface area contributed by atoms with Crippen LogP contribution in [-0.4, -0.2) is 70.0 Å². The van der Waals surface area contributed by atoms with Gasteiger partial charge in [-0.2, -0.15) is 5.10 Å². The van der Waals surface area contributed by atoms with Gasteiger partial charge in [-0.15, -0.1) is 0 Å². The summed E-state index contributed by atoms with van der Waals surface area (Å²) >= 11 is 0. The van der Waals surface area contributed by atoms with E-state index in [2.05, 4.69) is 62.2 Å². The maximum atomic E-state index is 6.26. The molecule has 2 aromatic heterocycles. The van der Waals surface area contributed by atoms with Crippen LogP contribution in [0.4, 0.5) is 5.82 Å². The van der Waals surface area contributed by atoms with Crippen molar-refractivity contribution in [2.45, 2.75) is 37.9 Å². The zero-order chi connectivity index (χ0) is 18.4. The number of hydrogen-bond acceptors (Lipinski definition) is 6. The Labute approximate surface area is 158 Å². The minimum Gasteiger partial charge on any atom is -0.368 e. The van der Waals surface area contributed by atoms with Gasteiger partial charge in [0.2, 0.25) is 0 Å². The van der Waals surface area contributed by atoms with Gasteiger partial charge in [-0.3, -0.25) is 5.10 Å². The van der Waals surface area contributed by atoms with Crippen molar-refractivity contribution < 1.29 is 4.74 Å². The summed E-state index contributed by atoms with van der Waals surface area (Å²) in [6, 6.07) is 2.06. The van der Waals surface area contributed by atoms with E-state index in [1.165, 1.54) is 0 Å². The molecule has 7 nitrogen and oxygen atoms in total. The van der Waals surface area contributed by atoms with Gasteiger partial charge in [0.1, 0.15) is 17.8 Å². The number of likely N-dealkylation sites (N-methyl/N-ethyl adjacent to an activating group) is 1. The lowest BCUT2D eigenvalue weighted by atomic mass is 10.1. The number of ether oxygens (including phenoxy) is 1. The predicted octanol–water partition coefficient (Wildman–Crippen LogP) is 0.521. The number of aromatic nitrogens is 4. The number of aromatic amines is 1. The second-order valence-electron chi connectivity index (χ2n) is 8.16. The lowest BCUT2D eigenvalue weighted by Gasteiger charge is -2.33. The molecule has 1 N–H and O–H groups in total. The summed E-state index contributed by atoms with van der Waals surface area (Å²) in [5.41, 5.74) is 1.81. The van der Waals surface area contributed by atoms with E-state index in [0.29, 0.717) is 0 Å². The summed E-state index contributed by atoms with van der Waals surface area (Å²) in [5.74, 6) is 0.975. The van der Waals surface area contributed by atoms with Crippen molar-refractivity contribution in [2.24, 2.45) is 0 Å². The van der Waals surface area contributed by atoms with Crippen molar-refractivity contribution in [3.63, 3.8) is 0 Å². The van der Waals surface area contributed by atoms with E-state index in [1.54, 1.807) is 6.33 Å². The molecule has 3 aliphatic rings. The molecule has 0 radical (unpaired) electrons. The zero-order valence-electron chi connectivity index (χ0n) is 16.0. The molecule has 1 atom stereocenters. The van der Waals surface area contributed by atoms with Gasteiger partial charge in [0.25, 0.3) is 0 Å². The third-order valence-corrected chi connectivity index (χ3v) is 5.85. The van der Waals surface area contributed by atoms with Gasteiger partial charge in [-0.1, -0.05) is 6.08 Å². The molecule has 0 aromatic carbocycles. The maximum Gasteiger partial charge on any atom is 0.132 e.